The van der Waals surface area contributed by atoms with Gasteiger partial charge in [0.05, 0.1) is 6.26 Å². The fraction of sp³-hybridized carbons (Fsp3) is 0.368. The van der Waals surface area contributed by atoms with E-state index in [-0.39, 0.29) is 34.6 Å². The van der Waals surface area contributed by atoms with Crippen LogP contribution in [0.4, 0.5) is 5.69 Å². The van der Waals surface area contributed by atoms with Gasteiger partial charge in [-0.3, -0.25) is 9.79 Å². The van der Waals surface area contributed by atoms with Crippen LogP contribution in [0.2, 0.25) is 0 Å². The molecular formula is C19H27IN4O2S. The Morgan fingerprint density at radius 3 is 2.44 bits per heavy atom. The van der Waals surface area contributed by atoms with E-state index in [0.717, 1.165) is 23.8 Å². The van der Waals surface area contributed by atoms with Crippen LogP contribution in [0.25, 0.3) is 0 Å². The average Bonchev–Trinajstić information content (AvgIpc) is 3.18. The molecule has 0 unspecified atom stereocenters. The monoisotopic (exact) mass is 502 g/mol. The Morgan fingerprint density at radius 2 is 1.89 bits per heavy atom. The number of aliphatic imine (C=N–C) groups is 1. The molecule has 0 saturated carbocycles. The van der Waals surface area contributed by atoms with Crippen molar-refractivity contribution in [2.45, 2.75) is 25.1 Å². The number of benzene rings is 1. The van der Waals surface area contributed by atoms with Crippen LogP contribution in [-0.4, -0.2) is 36.5 Å². The molecule has 2 aromatic rings. The van der Waals surface area contributed by atoms with Gasteiger partial charge in [0.15, 0.2) is 11.7 Å². The summed E-state index contributed by atoms with van der Waals surface area (Å²) in [4.78, 5) is 16.2. The SMILES string of the molecule is CN=C(NCc1ccc(NC(=O)c2ccco2)cc1)NCC(C)(C)SC.I. The molecular weight excluding hydrogens is 475 g/mol. The van der Waals surface area contributed by atoms with Crippen molar-refractivity contribution in [2.24, 2.45) is 4.99 Å². The molecule has 3 N–H and O–H groups in total. The highest BCUT2D eigenvalue weighted by Gasteiger charge is 2.16. The highest BCUT2D eigenvalue weighted by Crippen LogP contribution is 2.19. The third-order valence-electron chi connectivity index (χ3n) is 3.87. The van der Waals surface area contributed by atoms with Crippen LogP contribution in [0.5, 0.6) is 0 Å². The molecule has 6 nitrogen and oxygen atoms in total. The maximum absolute atomic E-state index is 11.9. The van der Waals surface area contributed by atoms with E-state index < -0.39 is 0 Å². The van der Waals surface area contributed by atoms with Crippen LogP contribution in [0.1, 0.15) is 30.0 Å². The number of furan rings is 1. The molecule has 0 aliphatic heterocycles. The van der Waals surface area contributed by atoms with Crippen molar-refractivity contribution in [1.82, 2.24) is 10.6 Å². The molecule has 0 spiro atoms. The van der Waals surface area contributed by atoms with E-state index in [9.17, 15) is 4.79 Å². The second-order valence-electron chi connectivity index (χ2n) is 6.37. The highest BCUT2D eigenvalue weighted by molar-refractivity contribution is 14.0. The molecule has 0 fully saturated rings. The standard InChI is InChI=1S/C19H26N4O2S.HI/c1-19(2,26-4)13-22-18(20-3)21-12-14-7-9-15(10-8-14)23-17(24)16-6-5-11-25-16;/h5-11H,12-13H2,1-4H3,(H,23,24)(H2,20,21,22);1H. The Bertz CT molecular complexity index is 731. The van der Waals surface area contributed by atoms with Gasteiger partial charge in [0.25, 0.3) is 5.91 Å². The fourth-order valence-corrected chi connectivity index (χ4v) is 2.30. The van der Waals surface area contributed by atoms with Crippen molar-refractivity contribution < 1.29 is 9.21 Å². The zero-order chi connectivity index (χ0) is 19.0. The number of nitrogens with zero attached hydrogens (tertiary/aromatic N) is 1. The number of amides is 1. The van der Waals surface area contributed by atoms with E-state index in [2.05, 4.69) is 41.0 Å². The first kappa shape index (κ1) is 23.4. The number of thioether (sulfide) groups is 1. The van der Waals surface area contributed by atoms with Crippen molar-refractivity contribution in [1.29, 1.82) is 0 Å². The Hall–Kier alpha value is -1.68. The summed E-state index contributed by atoms with van der Waals surface area (Å²) in [5.41, 5.74) is 1.81. The molecule has 1 heterocycles. The third kappa shape index (κ3) is 7.84. The smallest absolute Gasteiger partial charge is 0.291 e. The first-order chi connectivity index (χ1) is 12.4. The minimum Gasteiger partial charge on any atom is -0.459 e. The molecule has 0 saturated heterocycles. The Balaban J connectivity index is 0.00000364. The van der Waals surface area contributed by atoms with Gasteiger partial charge in [0, 0.05) is 30.6 Å². The summed E-state index contributed by atoms with van der Waals surface area (Å²) in [5, 5.41) is 9.43. The summed E-state index contributed by atoms with van der Waals surface area (Å²) in [6.07, 6.45) is 3.58. The quantitative estimate of drug-likeness (QED) is 0.304. The van der Waals surface area contributed by atoms with Gasteiger partial charge in [0.1, 0.15) is 0 Å². The number of carbonyl (C=O) groups excluding carboxylic acids is 1. The normalized spacial score (nSPS) is 11.5. The third-order valence-corrected chi connectivity index (χ3v) is 5.12. The lowest BCUT2D eigenvalue weighted by molar-refractivity contribution is 0.0996. The summed E-state index contributed by atoms with van der Waals surface area (Å²) in [6, 6.07) is 11.0. The Morgan fingerprint density at radius 1 is 1.19 bits per heavy atom. The average molecular weight is 502 g/mol. The van der Waals surface area contributed by atoms with Crippen LogP contribution in [-0.2, 0) is 6.54 Å². The van der Waals surface area contributed by atoms with E-state index in [1.165, 1.54) is 6.26 Å². The molecule has 0 aliphatic carbocycles. The van der Waals surface area contributed by atoms with E-state index in [1.807, 2.05) is 36.0 Å². The van der Waals surface area contributed by atoms with Gasteiger partial charge in [-0.25, -0.2) is 0 Å². The van der Waals surface area contributed by atoms with Crippen molar-refractivity contribution in [3.05, 3.63) is 54.0 Å². The molecule has 1 aromatic heterocycles. The largest absolute Gasteiger partial charge is 0.459 e. The summed E-state index contributed by atoms with van der Waals surface area (Å²) >= 11 is 1.81. The maximum Gasteiger partial charge on any atom is 0.291 e. The van der Waals surface area contributed by atoms with E-state index in [4.69, 9.17) is 4.42 Å². The van der Waals surface area contributed by atoms with Crippen LogP contribution < -0.4 is 16.0 Å². The molecule has 0 radical (unpaired) electrons. The summed E-state index contributed by atoms with van der Waals surface area (Å²) in [7, 11) is 1.76. The van der Waals surface area contributed by atoms with Crippen LogP contribution >= 0.6 is 35.7 Å². The Kier molecular flexibility index (Phi) is 9.71. The lowest BCUT2D eigenvalue weighted by atomic mass is 10.2. The van der Waals surface area contributed by atoms with Gasteiger partial charge in [-0.15, -0.1) is 24.0 Å². The number of anilines is 1. The summed E-state index contributed by atoms with van der Waals surface area (Å²) in [5.74, 6) is 0.794. The van der Waals surface area contributed by atoms with Crippen molar-refractivity contribution in [3.63, 3.8) is 0 Å². The molecule has 148 valence electrons. The number of carbonyl (C=O) groups is 1. The lowest BCUT2D eigenvalue weighted by Crippen LogP contribution is -2.42. The van der Waals surface area contributed by atoms with Crippen LogP contribution in [0.3, 0.4) is 0 Å². The topological polar surface area (TPSA) is 78.7 Å². The number of hydrogen-bond acceptors (Lipinski definition) is 4. The molecule has 1 aromatic carbocycles. The summed E-state index contributed by atoms with van der Waals surface area (Å²) < 4.78 is 5.22. The molecule has 27 heavy (non-hydrogen) atoms. The number of nitrogens with one attached hydrogen (secondary N) is 3. The predicted molar refractivity (Wildman–Crippen MR) is 124 cm³/mol. The minimum atomic E-state index is -0.262. The van der Waals surface area contributed by atoms with E-state index in [0.29, 0.717) is 12.3 Å². The van der Waals surface area contributed by atoms with Crippen molar-refractivity contribution >= 4 is 53.3 Å². The zero-order valence-electron chi connectivity index (χ0n) is 16.0. The van der Waals surface area contributed by atoms with Gasteiger partial charge in [-0.05, 0) is 49.9 Å². The first-order valence-corrected chi connectivity index (χ1v) is 9.59. The van der Waals surface area contributed by atoms with Crippen molar-refractivity contribution in [2.75, 3.05) is 25.2 Å². The van der Waals surface area contributed by atoms with Gasteiger partial charge >= 0.3 is 0 Å². The van der Waals surface area contributed by atoms with Gasteiger partial charge in [-0.2, -0.15) is 11.8 Å². The highest BCUT2D eigenvalue weighted by atomic mass is 127. The Labute approximate surface area is 182 Å². The first-order valence-electron chi connectivity index (χ1n) is 8.37. The zero-order valence-corrected chi connectivity index (χ0v) is 19.2. The van der Waals surface area contributed by atoms with Gasteiger partial charge < -0.3 is 20.4 Å². The molecule has 2 rings (SSSR count). The second-order valence-corrected chi connectivity index (χ2v) is 7.88. The molecule has 8 heteroatoms. The molecule has 0 atom stereocenters. The number of rotatable bonds is 7. The van der Waals surface area contributed by atoms with Crippen LogP contribution in [0, 0.1) is 0 Å². The van der Waals surface area contributed by atoms with E-state index >= 15 is 0 Å². The van der Waals surface area contributed by atoms with Gasteiger partial charge in [-0.1, -0.05) is 12.1 Å². The molecule has 0 aliphatic rings. The second kappa shape index (κ2) is 11.2. The van der Waals surface area contributed by atoms with E-state index in [1.54, 1.807) is 19.2 Å². The molecule has 0 bridgehead atoms. The fourth-order valence-electron chi connectivity index (χ4n) is 2.08. The van der Waals surface area contributed by atoms with Gasteiger partial charge in [0.2, 0.25) is 0 Å². The lowest BCUT2D eigenvalue weighted by Gasteiger charge is -2.23. The minimum absolute atomic E-state index is 0. The predicted octanol–water partition coefficient (Wildman–Crippen LogP) is 3.96. The molecule has 1 amide bonds. The van der Waals surface area contributed by atoms with Crippen molar-refractivity contribution in [3.8, 4) is 0 Å². The number of hydrogen-bond donors (Lipinski definition) is 3. The maximum atomic E-state index is 11.9. The summed E-state index contributed by atoms with van der Waals surface area (Å²) in [6.45, 7) is 5.85. The number of halogens is 1. The number of guanidine groups is 1. The van der Waals surface area contributed by atoms with Crippen LogP contribution in [0.15, 0.2) is 52.1 Å².